The van der Waals surface area contributed by atoms with E-state index in [1.54, 1.807) is 6.20 Å². The van der Waals surface area contributed by atoms with Crippen LogP contribution in [0.5, 0.6) is 0 Å². The minimum absolute atomic E-state index is 0.623. The molecule has 1 aromatic carbocycles. The van der Waals surface area contributed by atoms with Crippen LogP contribution in [0.3, 0.4) is 0 Å². The zero-order chi connectivity index (χ0) is 12.9. The van der Waals surface area contributed by atoms with E-state index in [0.29, 0.717) is 6.04 Å². The number of hydrogen-bond acceptors (Lipinski definition) is 3. The Hall–Kier alpha value is -1.87. The largest absolute Gasteiger partial charge is 0.383 e. The molecule has 0 spiro atoms. The van der Waals surface area contributed by atoms with Gasteiger partial charge in [-0.2, -0.15) is 0 Å². The van der Waals surface area contributed by atoms with Crippen molar-refractivity contribution in [3.05, 3.63) is 48.8 Å². The molecule has 3 rings (SSSR count). The summed E-state index contributed by atoms with van der Waals surface area (Å²) < 4.78 is 0. The van der Waals surface area contributed by atoms with Gasteiger partial charge in [0.25, 0.3) is 0 Å². The average molecular weight is 253 g/mol. The van der Waals surface area contributed by atoms with Crippen molar-refractivity contribution in [3.63, 3.8) is 0 Å². The van der Waals surface area contributed by atoms with Gasteiger partial charge in [-0.15, -0.1) is 0 Å². The normalized spacial score (nSPS) is 18.4. The van der Waals surface area contributed by atoms with Crippen LogP contribution in [0.25, 0.3) is 11.1 Å². The third kappa shape index (κ3) is 3.12. The molecule has 1 unspecified atom stereocenters. The Labute approximate surface area is 114 Å². The lowest BCUT2D eigenvalue weighted by atomic mass is 10.1. The standard InChI is InChI=1S/C16H19N3/c1-3-14(11-17-9-1)13-5-7-15(8-6-13)19-12-16-4-2-10-18-16/h1,3,5-9,11,16,18-19H,2,4,10,12H2. The fraction of sp³-hybridized carbons (Fsp3) is 0.312. The number of hydrogen-bond donors (Lipinski definition) is 2. The molecule has 98 valence electrons. The molecule has 1 fully saturated rings. The van der Waals surface area contributed by atoms with Gasteiger partial charge >= 0.3 is 0 Å². The van der Waals surface area contributed by atoms with Crippen LogP contribution >= 0.6 is 0 Å². The molecule has 0 bridgehead atoms. The first kappa shape index (κ1) is 12.2. The maximum absolute atomic E-state index is 4.15. The first-order valence-electron chi connectivity index (χ1n) is 6.89. The number of pyridine rings is 1. The van der Waals surface area contributed by atoms with E-state index in [1.807, 2.05) is 12.3 Å². The molecule has 2 aromatic rings. The number of rotatable bonds is 4. The van der Waals surface area contributed by atoms with E-state index in [-0.39, 0.29) is 0 Å². The highest BCUT2D eigenvalue weighted by molar-refractivity contribution is 5.65. The highest BCUT2D eigenvalue weighted by Crippen LogP contribution is 2.20. The van der Waals surface area contributed by atoms with Gasteiger partial charge in [0.05, 0.1) is 0 Å². The Morgan fingerprint density at radius 3 is 2.74 bits per heavy atom. The van der Waals surface area contributed by atoms with Crippen LogP contribution in [0.1, 0.15) is 12.8 Å². The van der Waals surface area contributed by atoms with Gasteiger partial charge in [0, 0.05) is 30.7 Å². The van der Waals surface area contributed by atoms with Gasteiger partial charge in [-0.05, 0) is 48.7 Å². The Morgan fingerprint density at radius 1 is 1.16 bits per heavy atom. The van der Waals surface area contributed by atoms with Crippen molar-refractivity contribution in [1.29, 1.82) is 0 Å². The molecule has 3 nitrogen and oxygen atoms in total. The Morgan fingerprint density at radius 2 is 2.05 bits per heavy atom. The monoisotopic (exact) mass is 253 g/mol. The van der Waals surface area contributed by atoms with Crippen molar-refractivity contribution >= 4 is 5.69 Å². The molecule has 2 N–H and O–H groups in total. The molecule has 0 saturated carbocycles. The van der Waals surface area contributed by atoms with Crippen molar-refractivity contribution in [1.82, 2.24) is 10.3 Å². The summed E-state index contributed by atoms with van der Waals surface area (Å²) in [7, 11) is 0. The Bertz CT molecular complexity index is 501. The lowest BCUT2D eigenvalue weighted by Gasteiger charge is -2.13. The van der Waals surface area contributed by atoms with Crippen molar-refractivity contribution in [2.45, 2.75) is 18.9 Å². The number of benzene rings is 1. The number of aromatic nitrogens is 1. The summed E-state index contributed by atoms with van der Waals surface area (Å²) in [6.07, 6.45) is 6.27. The molecule has 19 heavy (non-hydrogen) atoms. The first-order valence-corrected chi connectivity index (χ1v) is 6.89. The zero-order valence-corrected chi connectivity index (χ0v) is 11.0. The van der Waals surface area contributed by atoms with Gasteiger partial charge in [-0.1, -0.05) is 18.2 Å². The summed E-state index contributed by atoms with van der Waals surface area (Å²) in [5.41, 5.74) is 3.55. The third-order valence-corrected chi connectivity index (χ3v) is 3.59. The van der Waals surface area contributed by atoms with Crippen LogP contribution in [0, 0.1) is 0 Å². The minimum Gasteiger partial charge on any atom is -0.383 e. The van der Waals surface area contributed by atoms with Crippen molar-refractivity contribution < 1.29 is 0 Å². The molecule has 1 aliphatic heterocycles. The summed E-state index contributed by atoms with van der Waals surface area (Å²) in [5, 5.41) is 6.98. The van der Waals surface area contributed by atoms with E-state index in [0.717, 1.165) is 18.7 Å². The van der Waals surface area contributed by atoms with Crippen LogP contribution in [0.4, 0.5) is 5.69 Å². The van der Waals surface area contributed by atoms with Gasteiger partial charge in [-0.25, -0.2) is 0 Å². The van der Waals surface area contributed by atoms with Gasteiger partial charge in [0.15, 0.2) is 0 Å². The molecular formula is C16H19N3. The van der Waals surface area contributed by atoms with Crippen LogP contribution in [-0.4, -0.2) is 24.1 Å². The number of nitrogens with zero attached hydrogens (tertiary/aromatic N) is 1. The molecule has 2 heterocycles. The Kier molecular flexibility index (Phi) is 3.75. The van der Waals surface area contributed by atoms with E-state index in [4.69, 9.17) is 0 Å². The average Bonchev–Trinajstić information content (AvgIpc) is 3.00. The Balaban J connectivity index is 1.62. The van der Waals surface area contributed by atoms with Crippen LogP contribution < -0.4 is 10.6 Å². The van der Waals surface area contributed by atoms with Crippen molar-refractivity contribution in [2.24, 2.45) is 0 Å². The second-order valence-electron chi connectivity index (χ2n) is 4.99. The molecular weight excluding hydrogens is 234 g/mol. The van der Waals surface area contributed by atoms with Gasteiger partial charge < -0.3 is 10.6 Å². The quantitative estimate of drug-likeness (QED) is 0.879. The predicted octanol–water partition coefficient (Wildman–Crippen LogP) is 2.91. The van der Waals surface area contributed by atoms with E-state index >= 15 is 0 Å². The fourth-order valence-corrected chi connectivity index (χ4v) is 2.49. The van der Waals surface area contributed by atoms with Gasteiger partial charge in [-0.3, -0.25) is 4.98 Å². The molecule has 1 atom stereocenters. The van der Waals surface area contributed by atoms with Crippen molar-refractivity contribution in [3.8, 4) is 11.1 Å². The van der Waals surface area contributed by atoms with Crippen molar-refractivity contribution in [2.75, 3.05) is 18.4 Å². The smallest absolute Gasteiger partial charge is 0.0346 e. The summed E-state index contributed by atoms with van der Waals surface area (Å²) in [6.45, 7) is 2.17. The SMILES string of the molecule is c1cncc(-c2ccc(NCC3CCCN3)cc2)c1. The summed E-state index contributed by atoms with van der Waals surface area (Å²) in [5.74, 6) is 0. The predicted molar refractivity (Wildman–Crippen MR) is 79.2 cm³/mol. The molecule has 3 heteroatoms. The highest BCUT2D eigenvalue weighted by Gasteiger charge is 2.12. The maximum atomic E-state index is 4.15. The second-order valence-corrected chi connectivity index (χ2v) is 4.99. The molecule has 0 aliphatic carbocycles. The van der Waals surface area contributed by atoms with E-state index in [9.17, 15) is 0 Å². The molecule has 0 amide bonds. The van der Waals surface area contributed by atoms with Gasteiger partial charge in [0.2, 0.25) is 0 Å². The molecule has 1 saturated heterocycles. The zero-order valence-electron chi connectivity index (χ0n) is 11.0. The number of anilines is 1. The fourth-order valence-electron chi connectivity index (χ4n) is 2.49. The van der Waals surface area contributed by atoms with Crippen LogP contribution in [0.15, 0.2) is 48.8 Å². The molecule has 1 aromatic heterocycles. The number of nitrogens with one attached hydrogen (secondary N) is 2. The van der Waals surface area contributed by atoms with Crippen LogP contribution in [0.2, 0.25) is 0 Å². The lowest BCUT2D eigenvalue weighted by molar-refractivity contribution is 0.633. The summed E-state index contributed by atoms with van der Waals surface area (Å²) >= 11 is 0. The second kappa shape index (κ2) is 5.85. The highest BCUT2D eigenvalue weighted by atomic mass is 15.0. The maximum Gasteiger partial charge on any atom is 0.0346 e. The minimum atomic E-state index is 0.623. The van der Waals surface area contributed by atoms with E-state index in [2.05, 4.69) is 45.9 Å². The summed E-state index contributed by atoms with van der Waals surface area (Å²) in [4.78, 5) is 4.15. The molecule has 0 radical (unpaired) electrons. The van der Waals surface area contributed by atoms with Gasteiger partial charge in [0.1, 0.15) is 0 Å². The lowest BCUT2D eigenvalue weighted by Crippen LogP contribution is -2.29. The van der Waals surface area contributed by atoms with E-state index < -0.39 is 0 Å². The third-order valence-electron chi connectivity index (χ3n) is 3.59. The summed E-state index contributed by atoms with van der Waals surface area (Å²) in [6, 6.07) is 13.2. The first-order chi connectivity index (χ1) is 9.42. The molecule has 1 aliphatic rings. The topological polar surface area (TPSA) is 37.0 Å². The van der Waals surface area contributed by atoms with Crippen LogP contribution in [-0.2, 0) is 0 Å². The van der Waals surface area contributed by atoms with E-state index in [1.165, 1.54) is 24.1 Å².